The number of hydrogen-bond donors (Lipinski definition) is 1. The van der Waals surface area contributed by atoms with E-state index in [1.165, 1.54) is 12.4 Å². The molecule has 1 aromatic rings. The van der Waals surface area contributed by atoms with Gasteiger partial charge in [-0.3, -0.25) is 4.79 Å². The molecule has 2 heterocycles. The monoisotopic (exact) mass is 221 g/mol. The molecule has 0 aromatic carbocycles. The van der Waals surface area contributed by atoms with Crippen molar-refractivity contribution in [1.29, 1.82) is 0 Å². The van der Waals surface area contributed by atoms with Gasteiger partial charge in [0.05, 0.1) is 5.56 Å². The van der Waals surface area contributed by atoms with Crippen molar-refractivity contribution in [1.82, 2.24) is 19.8 Å². The van der Waals surface area contributed by atoms with Crippen LogP contribution in [0.3, 0.4) is 0 Å². The molecule has 0 atom stereocenters. The number of hydrogen-bond acceptors (Lipinski definition) is 5. The summed E-state index contributed by atoms with van der Waals surface area (Å²) < 4.78 is 0. The summed E-state index contributed by atoms with van der Waals surface area (Å²) in [6.07, 6.45) is 2.95. The van der Waals surface area contributed by atoms with Gasteiger partial charge in [-0.1, -0.05) is 0 Å². The van der Waals surface area contributed by atoms with Crippen LogP contribution in [-0.4, -0.2) is 58.9 Å². The highest BCUT2D eigenvalue weighted by molar-refractivity contribution is 5.93. The fourth-order valence-corrected chi connectivity index (χ4v) is 1.64. The van der Waals surface area contributed by atoms with Crippen LogP contribution in [0.2, 0.25) is 0 Å². The first-order valence-electron chi connectivity index (χ1n) is 5.22. The summed E-state index contributed by atoms with van der Waals surface area (Å²) in [6, 6.07) is 0. The van der Waals surface area contributed by atoms with E-state index >= 15 is 0 Å². The Morgan fingerprint density at radius 2 is 1.81 bits per heavy atom. The molecule has 0 bridgehead atoms. The van der Waals surface area contributed by atoms with E-state index in [9.17, 15) is 4.79 Å². The van der Waals surface area contributed by atoms with Gasteiger partial charge in [-0.15, -0.1) is 0 Å². The quantitative estimate of drug-likeness (QED) is 0.688. The van der Waals surface area contributed by atoms with Crippen molar-refractivity contribution in [2.45, 2.75) is 0 Å². The van der Waals surface area contributed by atoms with Crippen LogP contribution in [0.4, 0.5) is 5.95 Å². The van der Waals surface area contributed by atoms with Gasteiger partial charge in [-0.25, -0.2) is 9.97 Å². The van der Waals surface area contributed by atoms with Gasteiger partial charge in [-0.05, 0) is 7.05 Å². The molecule has 1 amide bonds. The van der Waals surface area contributed by atoms with Crippen LogP contribution in [0.15, 0.2) is 12.4 Å². The highest BCUT2D eigenvalue weighted by Gasteiger charge is 2.20. The first-order valence-corrected chi connectivity index (χ1v) is 5.22. The van der Waals surface area contributed by atoms with E-state index in [1.54, 1.807) is 0 Å². The van der Waals surface area contributed by atoms with Crippen LogP contribution in [0, 0.1) is 0 Å². The number of carbonyl (C=O) groups excluding carboxylic acids is 1. The van der Waals surface area contributed by atoms with Crippen molar-refractivity contribution < 1.29 is 4.79 Å². The third-order valence-corrected chi connectivity index (χ3v) is 2.71. The number of anilines is 1. The van der Waals surface area contributed by atoms with Crippen LogP contribution < -0.4 is 5.73 Å². The molecule has 1 saturated heterocycles. The molecule has 2 N–H and O–H groups in total. The van der Waals surface area contributed by atoms with Gasteiger partial charge < -0.3 is 15.5 Å². The minimum atomic E-state index is -0.0203. The average molecular weight is 221 g/mol. The lowest BCUT2D eigenvalue weighted by Crippen LogP contribution is -2.47. The minimum Gasteiger partial charge on any atom is -0.368 e. The standard InChI is InChI=1S/C10H15N5O/c1-14-2-4-15(5-3-14)9(16)8-6-12-10(11)13-7-8/h6-7H,2-5H2,1H3,(H2,11,12,13). The van der Waals surface area contributed by atoms with E-state index in [2.05, 4.69) is 14.9 Å². The number of amides is 1. The summed E-state index contributed by atoms with van der Waals surface area (Å²) in [5, 5.41) is 0. The van der Waals surface area contributed by atoms with Crippen molar-refractivity contribution in [3.05, 3.63) is 18.0 Å². The molecule has 2 rings (SSSR count). The van der Waals surface area contributed by atoms with Crippen molar-refractivity contribution in [2.75, 3.05) is 39.0 Å². The SMILES string of the molecule is CN1CCN(C(=O)c2cnc(N)nc2)CC1. The molecule has 1 aliphatic heterocycles. The average Bonchev–Trinajstić information content (AvgIpc) is 2.30. The molecule has 0 aliphatic carbocycles. The van der Waals surface area contributed by atoms with Crippen molar-refractivity contribution >= 4 is 11.9 Å². The minimum absolute atomic E-state index is 0.0203. The fraction of sp³-hybridized carbons (Fsp3) is 0.500. The molecule has 6 nitrogen and oxygen atoms in total. The molecule has 0 saturated carbocycles. The number of nitrogens with zero attached hydrogens (tertiary/aromatic N) is 4. The van der Waals surface area contributed by atoms with Gasteiger partial charge in [0.1, 0.15) is 0 Å². The number of likely N-dealkylation sites (N-methyl/N-ethyl adjacent to an activating group) is 1. The largest absolute Gasteiger partial charge is 0.368 e. The van der Waals surface area contributed by atoms with Crippen LogP contribution in [0.1, 0.15) is 10.4 Å². The first kappa shape index (κ1) is 10.8. The summed E-state index contributed by atoms with van der Waals surface area (Å²) in [5.74, 6) is 0.169. The Morgan fingerprint density at radius 3 is 2.38 bits per heavy atom. The molecule has 1 aromatic heterocycles. The zero-order valence-electron chi connectivity index (χ0n) is 9.26. The molecule has 0 spiro atoms. The van der Waals surface area contributed by atoms with E-state index < -0.39 is 0 Å². The lowest BCUT2D eigenvalue weighted by molar-refractivity contribution is 0.0663. The lowest BCUT2D eigenvalue weighted by atomic mass is 10.2. The molecule has 1 aliphatic rings. The molecular formula is C10H15N5O. The van der Waals surface area contributed by atoms with E-state index in [0.717, 1.165) is 26.2 Å². The number of carbonyl (C=O) groups is 1. The summed E-state index contributed by atoms with van der Waals surface area (Å²) >= 11 is 0. The van der Waals surface area contributed by atoms with Gasteiger partial charge in [0.15, 0.2) is 0 Å². The third-order valence-electron chi connectivity index (χ3n) is 2.71. The topological polar surface area (TPSA) is 75.3 Å². The third kappa shape index (κ3) is 2.27. The molecule has 16 heavy (non-hydrogen) atoms. The summed E-state index contributed by atoms with van der Waals surface area (Å²) in [7, 11) is 2.05. The Balaban J connectivity index is 2.05. The van der Waals surface area contributed by atoms with E-state index in [0.29, 0.717) is 5.56 Å². The first-order chi connectivity index (χ1) is 7.66. The molecule has 0 unspecified atom stereocenters. The summed E-state index contributed by atoms with van der Waals surface area (Å²) in [5.41, 5.74) is 5.87. The smallest absolute Gasteiger partial charge is 0.257 e. The van der Waals surface area contributed by atoms with Crippen LogP contribution in [0.25, 0.3) is 0 Å². The maximum Gasteiger partial charge on any atom is 0.257 e. The number of nitrogen functional groups attached to an aromatic ring is 1. The van der Waals surface area contributed by atoms with E-state index in [4.69, 9.17) is 5.73 Å². The summed E-state index contributed by atoms with van der Waals surface area (Å²) in [6.45, 7) is 3.31. The second kappa shape index (κ2) is 4.44. The van der Waals surface area contributed by atoms with Gasteiger partial charge in [0.25, 0.3) is 5.91 Å². The molecular weight excluding hydrogens is 206 g/mol. The molecule has 6 heteroatoms. The number of rotatable bonds is 1. The maximum absolute atomic E-state index is 12.0. The van der Waals surface area contributed by atoms with Gasteiger partial charge in [0.2, 0.25) is 5.95 Å². The van der Waals surface area contributed by atoms with Gasteiger partial charge in [-0.2, -0.15) is 0 Å². The van der Waals surface area contributed by atoms with Crippen LogP contribution in [0.5, 0.6) is 0 Å². The van der Waals surface area contributed by atoms with Crippen LogP contribution in [-0.2, 0) is 0 Å². The molecule has 1 fully saturated rings. The van der Waals surface area contributed by atoms with Crippen LogP contribution >= 0.6 is 0 Å². The Morgan fingerprint density at radius 1 is 1.25 bits per heavy atom. The fourth-order valence-electron chi connectivity index (χ4n) is 1.64. The Labute approximate surface area is 94.1 Å². The van der Waals surface area contributed by atoms with E-state index in [-0.39, 0.29) is 11.9 Å². The molecule has 86 valence electrons. The second-order valence-electron chi connectivity index (χ2n) is 3.93. The zero-order chi connectivity index (χ0) is 11.5. The Kier molecular flexibility index (Phi) is 3.00. The number of aromatic nitrogens is 2. The van der Waals surface area contributed by atoms with E-state index in [1.807, 2.05) is 11.9 Å². The zero-order valence-corrected chi connectivity index (χ0v) is 9.26. The highest BCUT2D eigenvalue weighted by atomic mass is 16.2. The highest BCUT2D eigenvalue weighted by Crippen LogP contribution is 2.06. The van der Waals surface area contributed by atoms with Crippen molar-refractivity contribution in [2.24, 2.45) is 0 Å². The van der Waals surface area contributed by atoms with Crippen molar-refractivity contribution in [3.63, 3.8) is 0 Å². The maximum atomic E-state index is 12.0. The Hall–Kier alpha value is -1.69. The van der Waals surface area contributed by atoms with Crippen molar-refractivity contribution in [3.8, 4) is 0 Å². The number of nitrogens with two attached hydrogens (primary N) is 1. The predicted molar refractivity (Wildman–Crippen MR) is 59.8 cm³/mol. The second-order valence-corrected chi connectivity index (χ2v) is 3.93. The number of piperazine rings is 1. The Bertz CT molecular complexity index is 369. The van der Waals surface area contributed by atoms with Gasteiger partial charge in [0, 0.05) is 38.6 Å². The lowest BCUT2D eigenvalue weighted by Gasteiger charge is -2.32. The molecule has 0 radical (unpaired) electrons. The van der Waals surface area contributed by atoms with Gasteiger partial charge >= 0.3 is 0 Å². The predicted octanol–water partition coefficient (Wildman–Crippen LogP) is -0.554. The normalized spacial score (nSPS) is 17.4. The summed E-state index contributed by atoms with van der Waals surface area (Å²) in [4.78, 5) is 23.7.